The fourth-order valence-electron chi connectivity index (χ4n) is 6.54. The average Bonchev–Trinajstić information content (AvgIpc) is 2.54. The van der Waals surface area contributed by atoms with Crippen molar-refractivity contribution in [1.29, 1.82) is 0 Å². The molecule has 0 radical (unpaired) electrons. The second-order valence-corrected chi connectivity index (χ2v) is 9.05. The van der Waals surface area contributed by atoms with Crippen molar-refractivity contribution < 1.29 is 4.79 Å². The van der Waals surface area contributed by atoms with Gasteiger partial charge in [0.15, 0.2) is 0 Å². The number of carbonyl (C=O) groups is 1. The zero-order valence-corrected chi connectivity index (χ0v) is 15.2. The number of carbonyl (C=O) groups excluding carboxylic acids is 1. The zero-order chi connectivity index (χ0) is 16.8. The van der Waals surface area contributed by atoms with Crippen LogP contribution in [0.15, 0.2) is 30.3 Å². The highest BCUT2D eigenvalue weighted by molar-refractivity contribution is 5.83. The third-order valence-electron chi connectivity index (χ3n) is 7.03. The summed E-state index contributed by atoms with van der Waals surface area (Å²) in [5.41, 5.74) is 1.65. The van der Waals surface area contributed by atoms with Crippen molar-refractivity contribution >= 4 is 5.91 Å². The lowest BCUT2D eigenvalue weighted by Crippen LogP contribution is -2.59. The molecule has 2 nitrogen and oxygen atoms in total. The molecule has 130 valence electrons. The van der Waals surface area contributed by atoms with Crippen LogP contribution in [0.5, 0.6) is 0 Å². The summed E-state index contributed by atoms with van der Waals surface area (Å²) in [5.74, 6) is 1.86. The van der Waals surface area contributed by atoms with E-state index < -0.39 is 0 Å². The molecule has 4 aliphatic carbocycles. The minimum Gasteiger partial charge on any atom is -0.353 e. The third-order valence-corrected chi connectivity index (χ3v) is 7.03. The molecule has 0 spiro atoms. The predicted molar refractivity (Wildman–Crippen MR) is 97.7 cm³/mol. The summed E-state index contributed by atoms with van der Waals surface area (Å²) in [4.78, 5) is 13.2. The van der Waals surface area contributed by atoms with Crippen LogP contribution in [0.4, 0.5) is 0 Å². The topological polar surface area (TPSA) is 29.1 Å². The van der Waals surface area contributed by atoms with Gasteiger partial charge in [0.25, 0.3) is 0 Å². The Morgan fingerprint density at radius 2 is 1.83 bits per heavy atom. The van der Waals surface area contributed by atoms with Gasteiger partial charge in [-0.05, 0) is 74.7 Å². The highest BCUT2D eigenvalue weighted by atomic mass is 16.2. The Morgan fingerprint density at radius 3 is 2.46 bits per heavy atom. The molecule has 1 aromatic rings. The Hall–Kier alpha value is -1.31. The van der Waals surface area contributed by atoms with Crippen LogP contribution >= 0.6 is 0 Å². The van der Waals surface area contributed by atoms with E-state index in [-0.39, 0.29) is 10.8 Å². The highest BCUT2D eigenvalue weighted by Crippen LogP contribution is 2.65. The first-order chi connectivity index (χ1) is 11.6. The van der Waals surface area contributed by atoms with Crippen LogP contribution < -0.4 is 5.32 Å². The zero-order valence-electron chi connectivity index (χ0n) is 15.2. The lowest BCUT2D eigenvalue weighted by molar-refractivity contribution is -0.149. The Morgan fingerprint density at radius 1 is 1.17 bits per heavy atom. The average molecular weight is 325 g/mol. The number of nitrogens with one attached hydrogen (secondary N) is 1. The van der Waals surface area contributed by atoms with Crippen LogP contribution in [0.1, 0.15) is 70.8 Å². The molecule has 5 atom stereocenters. The molecule has 0 aromatic heterocycles. The minimum atomic E-state index is -0.0953. The van der Waals surface area contributed by atoms with Crippen molar-refractivity contribution in [2.24, 2.45) is 17.3 Å². The van der Waals surface area contributed by atoms with Crippen molar-refractivity contribution in [3.63, 3.8) is 0 Å². The van der Waals surface area contributed by atoms with Crippen LogP contribution in [0.25, 0.3) is 0 Å². The molecule has 4 bridgehead atoms. The van der Waals surface area contributed by atoms with E-state index in [1.54, 1.807) is 0 Å². The van der Waals surface area contributed by atoms with E-state index in [0.29, 0.717) is 11.9 Å². The molecule has 0 saturated heterocycles. The summed E-state index contributed by atoms with van der Waals surface area (Å²) >= 11 is 0. The van der Waals surface area contributed by atoms with Crippen molar-refractivity contribution in [1.82, 2.24) is 5.32 Å². The Labute approximate surface area is 146 Å². The number of hydrogen-bond acceptors (Lipinski definition) is 1. The summed E-state index contributed by atoms with van der Waals surface area (Å²) in [6, 6.07) is 11.4. The molecule has 4 saturated carbocycles. The summed E-state index contributed by atoms with van der Waals surface area (Å²) in [7, 11) is 0. The Balaban J connectivity index is 1.62. The van der Waals surface area contributed by atoms with Gasteiger partial charge in [-0.1, -0.05) is 43.7 Å². The maximum absolute atomic E-state index is 13.2. The number of benzene rings is 1. The van der Waals surface area contributed by atoms with Gasteiger partial charge in [0.05, 0.1) is 5.41 Å². The van der Waals surface area contributed by atoms with E-state index in [0.717, 1.165) is 43.9 Å². The molecule has 2 heteroatoms. The highest BCUT2D eigenvalue weighted by Gasteiger charge is 2.60. The monoisotopic (exact) mass is 325 g/mol. The quantitative estimate of drug-likeness (QED) is 0.825. The maximum atomic E-state index is 13.2. The lowest BCUT2D eigenvalue weighted by Gasteiger charge is -2.61. The first-order valence-electron chi connectivity index (χ1n) is 9.92. The normalized spacial score (nSPS) is 38.1. The second-order valence-electron chi connectivity index (χ2n) is 9.05. The molecule has 24 heavy (non-hydrogen) atoms. The predicted octanol–water partition coefficient (Wildman–Crippen LogP) is 4.83. The van der Waals surface area contributed by atoms with Crippen molar-refractivity contribution in [3.05, 3.63) is 35.9 Å². The standard InChI is InChI=1S/C22H31NO/c1-3-7-16(2)23-20(24)22-13-17-10-18(14-22)12-21(11-17,15-22)19-8-5-4-6-9-19/h4-6,8-9,16-18H,3,7,10-15H2,1-2H3,(H,23,24)/t16-,17-,18+,21?,22?/m0/s1. The Kier molecular flexibility index (Phi) is 3.97. The van der Waals surface area contributed by atoms with Crippen LogP contribution in [0.2, 0.25) is 0 Å². The van der Waals surface area contributed by atoms with E-state index in [2.05, 4.69) is 49.5 Å². The third kappa shape index (κ3) is 2.59. The summed E-state index contributed by atoms with van der Waals surface area (Å²) < 4.78 is 0. The molecule has 1 N–H and O–H groups in total. The first kappa shape index (κ1) is 16.2. The van der Waals surface area contributed by atoms with Crippen LogP contribution in [-0.4, -0.2) is 11.9 Å². The van der Waals surface area contributed by atoms with Crippen LogP contribution in [0, 0.1) is 17.3 Å². The molecular formula is C22H31NO. The van der Waals surface area contributed by atoms with Crippen LogP contribution in [0.3, 0.4) is 0 Å². The van der Waals surface area contributed by atoms with Gasteiger partial charge < -0.3 is 5.32 Å². The van der Waals surface area contributed by atoms with Crippen molar-refractivity contribution in [2.75, 3.05) is 0 Å². The van der Waals surface area contributed by atoms with E-state index in [9.17, 15) is 4.79 Å². The van der Waals surface area contributed by atoms with Gasteiger partial charge in [-0.3, -0.25) is 4.79 Å². The fraction of sp³-hybridized carbons (Fsp3) is 0.682. The number of hydrogen-bond donors (Lipinski definition) is 1. The van der Waals surface area contributed by atoms with E-state index in [1.165, 1.54) is 24.8 Å². The van der Waals surface area contributed by atoms with Crippen molar-refractivity contribution in [3.8, 4) is 0 Å². The molecule has 4 fully saturated rings. The van der Waals surface area contributed by atoms with E-state index >= 15 is 0 Å². The van der Waals surface area contributed by atoms with Gasteiger partial charge in [0.2, 0.25) is 5.91 Å². The Bertz CT molecular complexity index is 594. The molecular weight excluding hydrogens is 294 g/mol. The van der Waals surface area contributed by atoms with Gasteiger partial charge in [-0.15, -0.1) is 0 Å². The SMILES string of the molecule is CCC[C@H](C)NC(=O)C12C[C@H]3C[C@@H](C1)CC(c1ccccc1)(C3)C2. The van der Waals surface area contributed by atoms with Gasteiger partial charge in [0.1, 0.15) is 0 Å². The maximum Gasteiger partial charge on any atom is 0.226 e. The van der Waals surface area contributed by atoms with E-state index in [1.807, 2.05) is 0 Å². The molecule has 1 amide bonds. The molecule has 0 aliphatic heterocycles. The minimum absolute atomic E-state index is 0.0953. The molecule has 4 aliphatic rings. The van der Waals surface area contributed by atoms with E-state index in [4.69, 9.17) is 0 Å². The summed E-state index contributed by atoms with van der Waals surface area (Å²) in [5, 5.41) is 3.37. The molecule has 2 unspecified atom stereocenters. The molecule has 0 heterocycles. The van der Waals surface area contributed by atoms with Crippen molar-refractivity contribution in [2.45, 2.75) is 76.7 Å². The fourth-order valence-corrected chi connectivity index (χ4v) is 6.54. The second kappa shape index (κ2) is 5.89. The van der Waals surface area contributed by atoms with Gasteiger partial charge in [-0.2, -0.15) is 0 Å². The molecule has 5 rings (SSSR count). The first-order valence-corrected chi connectivity index (χ1v) is 9.92. The summed E-state index contributed by atoms with van der Waals surface area (Å²) in [6.07, 6.45) is 9.49. The number of amides is 1. The number of rotatable bonds is 5. The van der Waals surface area contributed by atoms with Crippen LogP contribution in [-0.2, 0) is 10.2 Å². The molecule has 1 aromatic carbocycles. The van der Waals surface area contributed by atoms with Gasteiger partial charge in [-0.25, -0.2) is 0 Å². The summed E-state index contributed by atoms with van der Waals surface area (Å²) in [6.45, 7) is 4.35. The lowest BCUT2D eigenvalue weighted by atomic mass is 9.42. The van der Waals surface area contributed by atoms with Gasteiger partial charge in [0, 0.05) is 6.04 Å². The smallest absolute Gasteiger partial charge is 0.226 e. The van der Waals surface area contributed by atoms with Gasteiger partial charge >= 0.3 is 0 Å². The largest absolute Gasteiger partial charge is 0.353 e.